The SMILES string of the molecule is C[C@@H](n1cnc2cc(Cl)c(O)cc2c1=O)[C@@](O)(Cn1cncn1)c1ccc(F)cc1F. The van der Waals surface area contributed by atoms with Crippen molar-refractivity contribution in [1.82, 2.24) is 24.3 Å². The monoisotopic (exact) mass is 447 g/mol. The Morgan fingerprint density at radius 3 is 2.68 bits per heavy atom. The highest BCUT2D eigenvalue weighted by Gasteiger charge is 2.41. The number of rotatable bonds is 5. The van der Waals surface area contributed by atoms with Gasteiger partial charge in [0.15, 0.2) is 0 Å². The molecule has 2 aromatic carbocycles. The largest absolute Gasteiger partial charge is 0.506 e. The lowest BCUT2D eigenvalue weighted by Gasteiger charge is -2.35. The number of nitrogens with zero attached hydrogens (tertiary/aromatic N) is 5. The quantitative estimate of drug-likeness (QED) is 0.487. The van der Waals surface area contributed by atoms with E-state index in [1.807, 2.05) is 0 Å². The Morgan fingerprint density at radius 2 is 2.00 bits per heavy atom. The Bertz CT molecular complexity index is 1330. The molecule has 8 nitrogen and oxygen atoms in total. The summed E-state index contributed by atoms with van der Waals surface area (Å²) in [6, 6.07) is 4.20. The Balaban J connectivity index is 1.90. The molecule has 0 radical (unpaired) electrons. The summed E-state index contributed by atoms with van der Waals surface area (Å²) in [6.45, 7) is 1.21. The summed E-state index contributed by atoms with van der Waals surface area (Å²) >= 11 is 5.88. The maximum atomic E-state index is 14.7. The molecule has 11 heteroatoms. The molecule has 0 unspecified atom stereocenters. The fourth-order valence-corrected chi connectivity index (χ4v) is 3.65. The molecule has 0 saturated carbocycles. The van der Waals surface area contributed by atoms with Gasteiger partial charge in [0.05, 0.1) is 34.8 Å². The van der Waals surface area contributed by atoms with E-state index in [4.69, 9.17) is 11.6 Å². The number of aromatic hydroxyl groups is 1. The number of fused-ring (bicyclic) bond motifs is 1. The van der Waals surface area contributed by atoms with Crippen LogP contribution in [0.15, 0.2) is 54.1 Å². The Hall–Kier alpha value is -3.37. The molecule has 0 spiro atoms. The van der Waals surface area contributed by atoms with Crippen LogP contribution >= 0.6 is 11.6 Å². The van der Waals surface area contributed by atoms with Crippen molar-refractivity contribution >= 4 is 22.5 Å². The molecule has 31 heavy (non-hydrogen) atoms. The summed E-state index contributed by atoms with van der Waals surface area (Å²) in [5.74, 6) is -2.10. The maximum absolute atomic E-state index is 14.7. The number of halogens is 3. The first-order valence-electron chi connectivity index (χ1n) is 9.10. The molecule has 2 N–H and O–H groups in total. The van der Waals surface area contributed by atoms with Gasteiger partial charge in [0.2, 0.25) is 0 Å². The summed E-state index contributed by atoms with van der Waals surface area (Å²) in [5, 5.41) is 25.5. The van der Waals surface area contributed by atoms with Gasteiger partial charge in [-0.1, -0.05) is 17.7 Å². The first-order chi connectivity index (χ1) is 14.7. The van der Waals surface area contributed by atoms with Crippen LogP contribution in [0.5, 0.6) is 5.75 Å². The first kappa shape index (κ1) is 20.9. The van der Waals surface area contributed by atoms with Crippen LogP contribution in [0.25, 0.3) is 10.9 Å². The van der Waals surface area contributed by atoms with Crippen molar-refractivity contribution < 1.29 is 19.0 Å². The average molecular weight is 448 g/mol. The molecule has 0 aliphatic heterocycles. The van der Waals surface area contributed by atoms with Crippen LogP contribution in [0.2, 0.25) is 5.02 Å². The minimum absolute atomic E-state index is 0.0290. The number of aromatic nitrogens is 5. The third-order valence-electron chi connectivity index (χ3n) is 5.23. The second kappa shape index (κ2) is 7.71. The normalized spacial score (nSPS) is 14.5. The van der Waals surface area contributed by atoms with Gasteiger partial charge in [-0.15, -0.1) is 0 Å². The first-order valence-corrected chi connectivity index (χ1v) is 9.48. The van der Waals surface area contributed by atoms with Crippen LogP contribution in [0, 0.1) is 11.6 Å². The highest BCUT2D eigenvalue weighted by Crippen LogP contribution is 2.36. The number of hydrogen-bond donors (Lipinski definition) is 2. The predicted octanol–water partition coefficient (Wildman–Crippen LogP) is 2.77. The summed E-state index contributed by atoms with van der Waals surface area (Å²) in [5.41, 5.74) is -2.63. The molecule has 2 atom stereocenters. The second-order valence-electron chi connectivity index (χ2n) is 7.10. The van der Waals surface area contributed by atoms with Crippen LogP contribution in [-0.2, 0) is 12.1 Å². The van der Waals surface area contributed by atoms with E-state index in [-0.39, 0.29) is 33.8 Å². The zero-order valence-corrected chi connectivity index (χ0v) is 16.8. The second-order valence-corrected chi connectivity index (χ2v) is 7.50. The molecule has 0 aliphatic rings. The van der Waals surface area contributed by atoms with E-state index >= 15 is 0 Å². The zero-order valence-electron chi connectivity index (χ0n) is 16.1. The maximum Gasteiger partial charge on any atom is 0.261 e. The fourth-order valence-electron chi connectivity index (χ4n) is 3.50. The summed E-state index contributed by atoms with van der Waals surface area (Å²) < 4.78 is 30.6. The lowest BCUT2D eigenvalue weighted by molar-refractivity contribution is -0.0343. The van der Waals surface area contributed by atoms with Gasteiger partial charge in [0.25, 0.3) is 5.56 Å². The predicted molar refractivity (Wildman–Crippen MR) is 108 cm³/mol. The summed E-state index contributed by atoms with van der Waals surface area (Å²) in [6.07, 6.45) is 3.75. The van der Waals surface area contributed by atoms with Crippen molar-refractivity contribution in [3.63, 3.8) is 0 Å². The molecular weight excluding hydrogens is 432 g/mol. The molecule has 2 heterocycles. The highest BCUT2D eigenvalue weighted by atomic mass is 35.5. The van der Waals surface area contributed by atoms with Gasteiger partial charge >= 0.3 is 0 Å². The van der Waals surface area contributed by atoms with Crippen LogP contribution in [-0.4, -0.2) is 34.5 Å². The molecular formula is C20H16ClF2N5O3. The van der Waals surface area contributed by atoms with Crippen LogP contribution in [0.4, 0.5) is 8.78 Å². The van der Waals surface area contributed by atoms with E-state index in [0.717, 1.165) is 16.7 Å². The van der Waals surface area contributed by atoms with Crippen molar-refractivity contribution in [1.29, 1.82) is 0 Å². The molecule has 2 aromatic heterocycles. The van der Waals surface area contributed by atoms with E-state index in [9.17, 15) is 23.8 Å². The van der Waals surface area contributed by atoms with E-state index < -0.39 is 28.8 Å². The number of hydrogen-bond acceptors (Lipinski definition) is 6. The van der Waals surface area contributed by atoms with Crippen molar-refractivity contribution in [3.05, 3.63) is 81.9 Å². The van der Waals surface area contributed by atoms with E-state index in [1.54, 1.807) is 0 Å². The van der Waals surface area contributed by atoms with Gasteiger partial charge in [0, 0.05) is 11.6 Å². The number of phenolic OH excluding ortho intramolecular Hbond substituents is 1. The Morgan fingerprint density at radius 1 is 1.23 bits per heavy atom. The summed E-state index contributed by atoms with van der Waals surface area (Å²) in [7, 11) is 0. The van der Waals surface area contributed by atoms with E-state index in [0.29, 0.717) is 6.07 Å². The molecule has 0 fully saturated rings. The van der Waals surface area contributed by atoms with Gasteiger partial charge in [0.1, 0.15) is 35.6 Å². The van der Waals surface area contributed by atoms with Crippen molar-refractivity contribution in [3.8, 4) is 5.75 Å². The molecule has 160 valence electrons. The highest BCUT2D eigenvalue weighted by molar-refractivity contribution is 6.32. The lowest BCUT2D eigenvalue weighted by atomic mass is 9.86. The zero-order chi connectivity index (χ0) is 22.3. The standard InChI is InChI=1S/C20H16ClF2N5O3/c1-11(28-10-25-17-6-15(21)18(29)5-13(17)19(28)30)20(31,7-27-9-24-8-26-27)14-3-2-12(22)4-16(14)23/h2-6,8-11,29,31H,7H2,1H3/t11-,20+/m1/s1. The van der Waals surface area contributed by atoms with Gasteiger partial charge in [-0.25, -0.2) is 23.4 Å². The van der Waals surface area contributed by atoms with Crippen molar-refractivity contribution in [2.45, 2.75) is 25.1 Å². The Labute approximate surface area is 179 Å². The third-order valence-corrected chi connectivity index (χ3v) is 5.53. The number of aliphatic hydroxyl groups is 1. The topological polar surface area (TPSA) is 106 Å². The minimum atomic E-state index is -2.04. The van der Waals surface area contributed by atoms with Crippen molar-refractivity contribution in [2.24, 2.45) is 0 Å². The molecule has 0 saturated heterocycles. The third kappa shape index (κ3) is 3.64. The number of phenols is 1. The molecule has 0 amide bonds. The minimum Gasteiger partial charge on any atom is -0.506 e. The fraction of sp³-hybridized carbons (Fsp3) is 0.200. The van der Waals surface area contributed by atoms with Crippen LogP contribution < -0.4 is 5.56 Å². The molecule has 4 rings (SSSR count). The molecule has 0 bridgehead atoms. The van der Waals surface area contributed by atoms with Gasteiger partial charge in [-0.2, -0.15) is 5.10 Å². The van der Waals surface area contributed by atoms with Crippen LogP contribution in [0.1, 0.15) is 18.5 Å². The van der Waals surface area contributed by atoms with Gasteiger partial charge < -0.3 is 10.2 Å². The lowest BCUT2D eigenvalue weighted by Crippen LogP contribution is -2.43. The average Bonchev–Trinajstić information content (AvgIpc) is 3.22. The van der Waals surface area contributed by atoms with Gasteiger partial charge in [-0.05, 0) is 25.1 Å². The van der Waals surface area contributed by atoms with Gasteiger partial charge in [-0.3, -0.25) is 9.36 Å². The van der Waals surface area contributed by atoms with E-state index in [1.165, 1.54) is 42.7 Å². The molecule has 4 aromatic rings. The smallest absolute Gasteiger partial charge is 0.261 e. The molecule has 0 aliphatic carbocycles. The Kier molecular flexibility index (Phi) is 5.19. The van der Waals surface area contributed by atoms with Crippen LogP contribution in [0.3, 0.4) is 0 Å². The van der Waals surface area contributed by atoms with E-state index in [2.05, 4.69) is 15.1 Å². The summed E-state index contributed by atoms with van der Waals surface area (Å²) in [4.78, 5) is 21.1. The van der Waals surface area contributed by atoms with Crippen molar-refractivity contribution in [2.75, 3.05) is 0 Å². The number of benzene rings is 2.